The lowest BCUT2D eigenvalue weighted by Crippen LogP contribution is -2.50. The number of carbonyl (C=O) groups excluding carboxylic acids is 1. The largest absolute Gasteiger partial charge is 0.409 e. The van der Waals surface area contributed by atoms with Crippen molar-refractivity contribution in [2.24, 2.45) is 16.8 Å². The Bertz CT molecular complexity index is 287. The van der Waals surface area contributed by atoms with E-state index in [9.17, 15) is 4.79 Å². The van der Waals surface area contributed by atoms with Crippen molar-refractivity contribution in [3.63, 3.8) is 0 Å². The topological polar surface area (TPSA) is 91.0 Å². The van der Waals surface area contributed by atoms with E-state index in [0.717, 1.165) is 0 Å². The summed E-state index contributed by atoms with van der Waals surface area (Å²) in [6.07, 6.45) is 0.504. The van der Waals surface area contributed by atoms with Crippen LogP contribution in [0.2, 0.25) is 0 Å². The van der Waals surface area contributed by atoms with Crippen LogP contribution in [0, 0.1) is 5.92 Å². The van der Waals surface area contributed by atoms with Crippen molar-refractivity contribution >= 4 is 11.7 Å². The predicted octanol–water partition coefficient (Wildman–Crippen LogP) is 0.215. The van der Waals surface area contributed by atoms with Gasteiger partial charge in [0, 0.05) is 12.1 Å². The lowest BCUT2D eigenvalue weighted by atomic mass is 10.0. The summed E-state index contributed by atoms with van der Waals surface area (Å²) in [5.74, 6) is -0.830. The van der Waals surface area contributed by atoms with E-state index in [2.05, 4.69) is 10.5 Å². The molecule has 0 aromatic heterocycles. The molecule has 1 amide bonds. The average molecular weight is 244 g/mol. The fourth-order valence-corrected chi connectivity index (χ4v) is 1.18. The molecule has 100 valence electrons. The molecule has 6 nitrogen and oxygen atoms in total. The molecule has 0 saturated carbocycles. The van der Waals surface area contributed by atoms with Crippen LogP contribution in [0.15, 0.2) is 5.16 Å². The van der Waals surface area contributed by atoms with E-state index < -0.39 is 5.92 Å². The number of nitrogens with one attached hydrogen (secondary N) is 1. The molecule has 0 aliphatic carbocycles. The summed E-state index contributed by atoms with van der Waals surface area (Å²) in [5, 5.41) is 14.3. The number of rotatable bonds is 6. The van der Waals surface area contributed by atoms with Crippen molar-refractivity contribution in [1.82, 2.24) is 10.2 Å². The van der Waals surface area contributed by atoms with Gasteiger partial charge in [0.15, 0.2) is 5.84 Å². The highest BCUT2D eigenvalue weighted by Gasteiger charge is 2.25. The lowest BCUT2D eigenvalue weighted by Gasteiger charge is -2.33. The molecule has 0 bridgehead atoms. The molecule has 6 heteroatoms. The number of carbonyl (C=O) groups is 1. The van der Waals surface area contributed by atoms with E-state index in [-0.39, 0.29) is 17.3 Å². The molecule has 0 aliphatic rings. The zero-order valence-electron chi connectivity index (χ0n) is 11.3. The second-order valence-electron chi connectivity index (χ2n) is 4.91. The van der Waals surface area contributed by atoms with E-state index in [4.69, 9.17) is 10.9 Å². The predicted molar refractivity (Wildman–Crippen MR) is 68.0 cm³/mol. The molecule has 0 fully saturated rings. The molecule has 0 spiro atoms. The lowest BCUT2D eigenvalue weighted by molar-refractivity contribution is -0.123. The standard InChI is InChI=1S/C11H24N4O2/c1-6-8(9(12)14-17)10(16)13-7-11(2,3)15(4)5/h8,17H,6-7H2,1-5H3,(H2,12,14)(H,13,16). The number of hydrogen-bond donors (Lipinski definition) is 3. The summed E-state index contributed by atoms with van der Waals surface area (Å²) in [6, 6.07) is 0. The van der Waals surface area contributed by atoms with Gasteiger partial charge in [-0.2, -0.15) is 0 Å². The summed E-state index contributed by atoms with van der Waals surface area (Å²) in [5.41, 5.74) is 5.32. The maximum absolute atomic E-state index is 11.8. The number of nitrogens with zero attached hydrogens (tertiary/aromatic N) is 2. The first-order valence-corrected chi connectivity index (χ1v) is 5.68. The van der Waals surface area contributed by atoms with Gasteiger partial charge in [-0.1, -0.05) is 12.1 Å². The SMILES string of the molecule is CCC(C(=O)NCC(C)(C)N(C)C)C(N)=NO. The van der Waals surface area contributed by atoms with Crippen LogP contribution in [0.4, 0.5) is 0 Å². The fraction of sp³-hybridized carbons (Fsp3) is 0.818. The zero-order valence-corrected chi connectivity index (χ0v) is 11.3. The van der Waals surface area contributed by atoms with Gasteiger partial charge in [-0.25, -0.2) is 0 Å². The zero-order chi connectivity index (χ0) is 13.6. The maximum Gasteiger partial charge on any atom is 0.230 e. The first-order valence-electron chi connectivity index (χ1n) is 5.68. The molecule has 0 heterocycles. The fourth-order valence-electron chi connectivity index (χ4n) is 1.18. The first-order chi connectivity index (χ1) is 7.76. The van der Waals surface area contributed by atoms with Gasteiger partial charge in [-0.3, -0.25) is 4.79 Å². The van der Waals surface area contributed by atoms with Crippen LogP contribution < -0.4 is 11.1 Å². The molecule has 4 N–H and O–H groups in total. The quantitative estimate of drug-likeness (QED) is 0.270. The van der Waals surface area contributed by atoms with E-state index in [1.807, 2.05) is 39.8 Å². The maximum atomic E-state index is 11.8. The minimum absolute atomic E-state index is 0.0485. The Morgan fingerprint density at radius 1 is 1.53 bits per heavy atom. The summed E-state index contributed by atoms with van der Waals surface area (Å²) in [6.45, 7) is 6.38. The van der Waals surface area contributed by atoms with E-state index in [1.165, 1.54) is 0 Å². The number of nitrogens with two attached hydrogens (primary N) is 1. The van der Waals surface area contributed by atoms with Crippen LogP contribution in [0.25, 0.3) is 0 Å². The Labute approximate surface area is 103 Å². The van der Waals surface area contributed by atoms with Crippen molar-refractivity contribution in [3.8, 4) is 0 Å². The molecule has 0 aromatic carbocycles. The Balaban J connectivity index is 4.45. The third-order valence-corrected chi connectivity index (χ3v) is 3.10. The van der Waals surface area contributed by atoms with Gasteiger partial charge in [0.05, 0.1) is 5.92 Å². The summed E-state index contributed by atoms with van der Waals surface area (Å²) in [7, 11) is 3.90. The molecule has 17 heavy (non-hydrogen) atoms. The summed E-state index contributed by atoms with van der Waals surface area (Å²) < 4.78 is 0. The highest BCUT2D eigenvalue weighted by atomic mass is 16.4. The highest BCUT2D eigenvalue weighted by molar-refractivity contribution is 6.01. The molecule has 0 saturated heterocycles. The van der Waals surface area contributed by atoms with Gasteiger partial charge in [-0.15, -0.1) is 0 Å². The third kappa shape index (κ3) is 4.60. The minimum Gasteiger partial charge on any atom is -0.409 e. The molecular formula is C11H24N4O2. The van der Waals surface area contributed by atoms with Crippen LogP contribution in [0.3, 0.4) is 0 Å². The first kappa shape index (κ1) is 15.7. The molecule has 1 atom stereocenters. The summed E-state index contributed by atoms with van der Waals surface area (Å²) in [4.78, 5) is 13.9. The van der Waals surface area contributed by atoms with Crippen molar-refractivity contribution in [3.05, 3.63) is 0 Å². The Morgan fingerprint density at radius 3 is 2.41 bits per heavy atom. The van der Waals surface area contributed by atoms with Crippen LogP contribution in [0.1, 0.15) is 27.2 Å². The van der Waals surface area contributed by atoms with Gasteiger partial charge < -0.3 is 21.2 Å². The average Bonchev–Trinajstić information content (AvgIpc) is 2.26. The second kappa shape index (κ2) is 6.44. The van der Waals surface area contributed by atoms with Gasteiger partial charge in [0.2, 0.25) is 5.91 Å². The number of amidine groups is 1. The van der Waals surface area contributed by atoms with Crippen molar-refractivity contribution in [1.29, 1.82) is 0 Å². The van der Waals surface area contributed by atoms with Crippen LogP contribution in [-0.2, 0) is 4.79 Å². The van der Waals surface area contributed by atoms with Crippen LogP contribution >= 0.6 is 0 Å². The monoisotopic (exact) mass is 244 g/mol. The molecule has 0 rings (SSSR count). The van der Waals surface area contributed by atoms with Gasteiger partial charge >= 0.3 is 0 Å². The van der Waals surface area contributed by atoms with E-state index in [1.54, 1.807) is 0 Å². The van der Waals surface area contributed by atoms with Crippen LogP contribution in [0.5, 0.6) is 0 Å². The molecule has 0 aromatic rings. The van der Waals surface area contributed by atoms with Crippen LogP contribution in [-0.4, -0.2) is 48.0 Å². The van der Waals surface area contributed by atoms with Crippen molar-refractivity contribution in [2.75, 3.05) is 20.6 Å². The Morgan fingerprint density at radius 2 is 2.06 bits per heavy atom. The number of hydrogen-bond acceptors (Lipinski definition) is 4. The second-order valence-corrected chi connectivity index (χ2v) is 4.91. The summed E-state index contributed by atoms with van der Waals surface area (Å²) >= 11 is 0. The Hall–Kier alpha value is -1.30. The smallest absolute Gasteiger partial charge is 0.230 e. The number of oxime groups is 1. The normalized spacial score (nSPS) is 14.8. The van der Waals surface area contributed by atoms with Crippen molar-refractivity contribution in [2.45, 2.75) is 32.7 Å². The molecule has 0 aliphatic heterocycles. The van der Waals surface area contributed by atoms with Gasteiger partial charge in [0.25, 0.3) is 0 Å². The minimum atomic E-state index is -0.571. The highest BCUT2D eigenvalue weighted by Crippen LogP contribution is 2.09. The van der Waals surface area contributed by atoms with E-state index in [0.29, 0.717) is 13.0 Å². The third-order valence-electron chi connectivity index (χ3n) is 3.10. The number of likely N-dealkylation sites (N-methyl/N-ethyl adjacent to an activating group) is 1. The van der Waals surface area contributed by atoms with Gasteiger partial charge in [0.1, 0.15) is 0 Å². The molecule has 1 unspecified atom stereocenters. The molecular weight excluding hydrogens is 220 g/mol. The molecule has 0 radical (unpaired) electrons. The number of amides is 1. The van der Waals surface area contributed by atoms with Gasteiger partial charge in [-0.05, 0) is 34.4 Å². The Kier molecular flexibility index (Phi) is 5.95. The van der Waals surface area contributed by atoms with E-state index >= 15 is 0 Å². The van der Waals surface area contributed by atoms with Crippen molar-refractivity contribution < 1.29 is 10.0 Å².